The molecule has 1 fully saturated rings. The summed E-state index contributed by atoms with van der Waals surface area (Å²) < 4.78 is 14.7. The van der Waals surface area contributed by atoms with Gasteiger partial charge in [-0.3, -0.25) is 4.79 Å². The van der Waals surface area contributed by atoms with Crippen molar-refractivity contribution in [2.24, 2.45) is 11.7 Å². The van der Waals surface area contributed by atoms with Gasteiger partial charge < -0.3 is 16.0 Å². The molecular weight excluding hydrogens is 329 g/mol. The van der Waals surface area contributed by atoms with Crippen LogP contribution in [0.25, 0.3) is 0 Å². The van der Waals surface area contributed by atoms with Gasteiger partial charge in [0.05, 0.1) is 0 Å². The van der Waals surface area contributed by atoms with Gasteiger partial charge in [0.25, 0.3) is 5.91 Å². The number of nitrogens with two attached hydrogens (primary N) is 1. The van der Waals surface area contributed by atoms with Crippen LogP contribution in [0.3, 0.4) is 0 Å². The summed E-state index contributed by atoms with van der Waals surface area (Å²) in [6.07, 6.45) is 12.6. The second-order valence-corrected chi connectivity index (χ2v) is 7.20. The van der Waals surface area contributed by atoms with Gasteiger partial charge in [-0.05, 0) is 31.1 Å². The van der Waals surface area contributed by atoms with E-state index in [1.807, 2.05) is 12.2 Å². The van der Waals surface area contributed by atoms with Crippen LogP contribution in [0.1, 0.15) is 54.1 Å². The molecule has 1 aromatic carbocycles. The number of nitrogens with one attached hydrogen (secondary N) is 1. The molecule has 3 rings (SSSR count). The number of hydrogen-bond acceptors (Lipinski definition) is 3. The number of amides is 1. The van der Waals surface area contributed by atoms with Crippen molar-refractivity contribution in [3.05, 3.63) is 59.4 Å². The molecule has 2 unspecified atom stereocenters. The summed E-state index contributed by atoms with van der Waals surface area (Å²) in [6.45, 7) is 0. The maximum absolute atomic E-state index is 14.7. The quantitative estimate of drug-likeness (QED) is 0.857. The summed E-state index contributed by atoms with van der Waals surface area (Å²) in [6, 6.07) is 4.10. The lowest BCUT2D eigenvalue weighted by molar-refractivity contribution is 0.0695. The Labute approximate surface area is 154 Å². The van der Waals surface area contributed by atoms with E-state index in [4.69, 9.17) is 11.1 Å². The summed E-state index contributed by atoms with van der Waals surface area (Å²) in [5.74, 6) is -0.999. The number of nitrogens with zero attached hydrogens (tertiary/aromatic N) is 1. The smallest absolute Gasteiger partial charge is 0.253 e. The van der Waals surface area contributed by atoms with Crippen LogP contribution in [-0.2, 0) is 0 Å². The first-order valence-corrected chi connectivity index (χ1v) is 9.24. The standard InChI is InChI=1S/C21H26FN3O/c1-25(15-7-3-2-4-8-15)21(26)14-11-12-16(18(22)13-14)20(24)17-9-5-6-10-19(17)23/h5-6,9-13,15,17,20,23H,2-4,7-8,24H2,1H3. The van der Waals surface area contributed by atoms with Crippen molar-refractivity contribution in [2.75, 3.05) is 7.05 Å². The molecule has 4 nitrogen and oxygen atoms in total. The van der Waals surface area contributed by atoms with Gasteiger partial charge in [0, 0.05) is 41.9 Å². The summed E-state index contributed by atoms with van der Waals surface area (Å²) in [5, 5.41) is 7.97. The van der Waals surface area contributed by atoms with Crippen LogP contribution in [0.2, 0.25) is 0 Å². The second-order valence-electron chi connectivity index (χ2n) is 7.20. The van der Waals surface area contributed by atoms with Crippen LogP contribution < -0.4 is 5.73 Å². The lowest BCUT2D eigenvalue weighted by Crippen LogP contribution is -2.38. The Morgan fingerprint density at radius 1 is 1.27 bits per heavy atom. The van der Waals surface area contributed by atoms with E-state index in [0.717, 1.165) is 25.7 Å². The van der Waals surface area contributed by atoms with E-state index in [2.05, 4.69) is 0 Å². The van der Waals surface area contributed by atoms with Gasteiger partial charge in [-0.2, -0.15) is 0 Å². The second kappa shape index (κ2) is 7.96. The minimum atomic E-state index is -0.649. The van der Waals surface area contributed by atoms with E-state index in [9.17, 15) is 9.18 Å². The van der Waals surface area contributed by atoms with E-state index in [-0.39, 0.29) is 17.9 Å². The van der Waals surface area contributed by atoms with Gasteiger partial charge in [0.2, 0.25) is 0 Å². The molecule has 3 N–H and O–H groups in total. The van der Waals surface area contributed by atoms with Crippen molar-refractivity contribution in [1.82, 2.24) is 4.90 Å². The molecule has 0 aliphatic heterocycles. The van der Waals surface area contributed by atoms with Crippen LogP contribution in [0.4, 0.5) is 4.39 Å². The number of hydrogen-bond donors (Lipinski definition) is 2. The zero-order valence-corrected chi connectivity index (χ0v) is 15.1. The lowest BCUT2D eigenvalue weighted by atomic mass is 9.86. The van der Waals surface area contributed by atoms with E-state index in [0.29, 0.717) is 16.8 Å². The first-order chi connectivity index (χ1) is 12.5. The first kappa shape index (κ1) is 18.5. The maximum Gasteiger partial charge on any atom is 0.253 e. The molecule has 0 saturated heterocycles. The van der Waals surface area contributed by atoms with Gasteiger partial charge in [0.15, 0.2) is 0 Å². The SMILES string of the molecule is CN(C(=O)c1ccc(C(N)C2C=CC=CC2=N)c(F)c1)C1CCCCC1. The fraction of sp³-hybridized carbons (Fsp3) is 0.429. The van der Waals surface area contributed by atoms with Crippen molar-refractivity contribution in [1.29, 1.82) is 5.41 Å². The molecule has 5 heteroatoms. The van der Waals surface area contributed by atoms with Crippen LogP contribution in [0.5, 0.6) is 0 Å². The predicted molar refractivity (Wildman–Crippen MR) is 102 cm³/mol. The van der Waals surface area contributed by atoms with Crippen molar-refractivity contribution >= 4 is 11.6 Å². The van der Waals surface area contributed by atoms with E-state index in [1.165, 1.54) is 12.5 Å². The van der Waals surface area contributed by atoms with Gasteiger partial charge in [-0.15, -0.1) is 0 Å². The van der Waals surface area contributed by atoms with Crippen LogP contribution in [-0.4, -0.2) is 29.6 Å². The Hall–Kier alpha value is -2.27. The lowest BCUT2D eigenvalue weighted by Gasteiger charge is -2.31. The summed E-state index contributed by atoms with van der Waals surface area (Å²) >= 11 is 0. The summed E-state index contributed by atoms with van der Waals surface area (Å²) in [7, 11) is 1.80. The summed E-state index contributed by atoms with van der Waals surface area (Å²) in [4.78, 5) is 14.5. The molecule has 0 spiro atoms. The first-order valence-electron chi connectivity index (χ1n) is 9.24. The Bertz CT molecular complexity index is 750. The van der Waals surface area contributed by atoms with Gasteiger partial charge >= 0.3 is 0 Å². The Balaban J connectivity index is 1.76. The van der Waals surface area contributed by atoms with Crippen molar-refractivity contribution in [3.63, 3.8) is 0 Å². The third-order valence-electron chi connectivity index (χ3n) is 5.50. The topological polar surface area (TPSA) is 70.2 Å². The molecule has 1 saturated carbocycles. The molecule has 0 bridgehead atoms. The molecule has 0 radical (unpaired) electrons. The molecule has 0 aromatic heterocycles. The average Bonchev–Trinajstić information content (AvgIpc) is 2.67. The van der Waals surface area contributed by atoms with Gasteiger partial charge in [-0.1, -0.05) is 43.6 Å². The van der Waals surface area contributed by atoms with E-state index < -0.39 is 11.9 Å². The predicted octanol–water partition coefficient (Wildman–Crippen LogP) is 3.99. The molecule has 1 amide bonds. The summed E-state index contributed by atoms with van der Waals surface area (Å²) in [5.41, 5.74) is 7.24. The minimum absolute atomic E-state index is 0.149. The molecule has 138 valence electrons. The number of carbonyl (C=O) groups is 1. The third kappa shape index (κ3) is 3.78. The van der Waals surface area contributed by atoms with E-state index in [1.54, 1.807) is 36.2 Å². The molecule has 1 aromatic rings. The van der Waals surface area contributed by atoms with Crippen LogP contribution >= 0.6 is 0 Å². The number of benzene rings is 1. The van der Waals surface area contributed by atoms with Crippen LogP contribution in [0.15, 0.2) is 42.5 Å². The molecule has 0 heterocycles. The van der Waals surface area contributed by atoms with Crippen LogP contribution in [0, 0.1) is 17.1 Å². The fourth-order valence-corrected chi connectivity index (χ4v) is 3.83. The molecule has 2 atom stereocenters. The largest absolute Gasteiger partial charge is 0.339 e. The Morgan fingerprint density at radius 2 is 2.00 bits per heavy atom. The molecule has 2 aliphatic rings. The molecular formula is C21H26FN3O. The number of halogens is 1. The molecule has 2 aliphatic carbocycles. The minimum Gasteiger partial charge on any atom is -0.339 e. The fourth-order valence-electron chi connectivity index (χ4n) is 3.83. The van der Waals surface area contributed by atoms with E-state index >= 15 is 0 Å². The third-order valence-corrected chi connectivity index (χ3v) is 5.50. The Morgan fingerprint density at radius 3 is 2.65 bits per heavy atom. The highest BCUT2D eigenvalue weighted by atomic mass is 19.1. The van der Waals surface area contributed by atoms with Crippen molar-refractivity contribution in [3.8, 4) is 0 Å². The Kier molecular flexibility index (Phi) is 5.67. The zero-order chi connectivity index (χ0) is 18.7. The van der Waals surface area contributed by atoms with Gasteiger partial charge in [0.1, 0.15) is 5.82 Å². The number of carbonyl (C=O) groups excluding carboxylic acids is 1. The zero-order valence-electron chi connectivity index (χ0n) is 15.1. The highest BCUT2D eigenvalue weighted by molar-refractivity contribution is 5.97. The van der Waals surface area contributed by atoms with Crippen molar-refractivity contribution in [2.45, 2.75) is 44.2 Å². The number of rotatable bonds is 4. The van der Waals surface area contributed by atoms with Gasteiger partial charge in [-0.25, -0.2) is 4.39 Å². The normalized spacial score (nSPS) is 21.7. The maximum atomic E-state index is 14.7. The monoisotopic (exact) mass is 355 g/mol. The van der Waals surface area contributed by atoms with Crippen molar-refractivity contribution < 1.29 is 9.18 Å². The number of allylic oxidation sites excluding steroid dienone is 3. The molecule has 26 heavy (non-hydrogen) atoms. The average molecular weight is 355 g/mol. The highest BCUT2D eigenvalue weighted by Gasteiger charge is 2.26. The highest BCUT2D eigenvalue weighted by Crippen LogP contribution is 2.28.